The Morgan fingerprint density at radius 1 is 1.48 bits per heavy atom. The second-order valence-electron chi connectivity index (χ2n) is 8.67. The number of allylic oxidation sites excluding steroid dienone is 2. The first-order chi connectivity index (χ1) is 14.0. The first-order valence-corrected chi connectivity index (χ1v) is 10.9. The lowest BCUT2D eigenvalue weighted by molar-refractivity contribution is 0.238. The van der Waals surface area contributed by atoms with Gasteiger partial charge in [0.1, 0.15) is 6.26 Å². The first-order valence-electron chi connectivity index (χ1n) is 10.9. The molecule has 1 aromatic rings. The number of aromatic nitrogens is 2. The summed E-state index contributed by atoms with van der Waals surface area (Å²) in [6.45, 7) is 12.6. The molecule has 2 atom stereocenters. The lowest BCUT2D eigenvalue weighted by Crippen LogP contribution is -2.45. The quantitative estimate of drug-likeness (QED) is 0.375. The van der Waals surface area contributed by atoms with Crippen LogP contribution in [0.1, 0.15) is 70.6 Å². The molecule has 0 radical (unpaired) electrons. The maximum Gasteiger partial charge on any atom is 0.222 e. The van der Waals surface area contributed by atoms with Gasteiger partial charge in [0, 0.05) is 30.2 Å². The minimum absolute atomic E-state index is 0.325. The number of nitrogens with one attached hydrogen (secondary N) is 2. The number of aliphatic hydroxyl groups is 1. The lowest BCUT2D eigenvalue weighted by atomic mass is 9.67. The number of anilines is 1. The van der Waals surface area contributed by atoms with Crippen LogP contribution >= 0.6 is 0 Å². The van der Waals surface area contributed by atoms with Crippen molar-refractivity contribution in [2.75, 3.05) is 11.9 Å². The summed E-state index contributed by atoms with van der Waals surface area (Å²) in [6, 6.07) is 0. The predicted molar refractivity (Wildman–Crippen MR) is 118 cm³/mol. The second kappa shape index (κ2) is 8.97. The molecule has 2 unspecified atom stereocenters. The zero-order valence-corrected chi connectivity index (χ0v) is 18.0. The molecule has 0 saturated heterocycles. The third-order valence-electron chi connectivity index (χ3n) is 6.43. The van der Waals surface area contributed by atoms with Crippen LogP contribution in [0.15, 0.2) is 30.4 Å². The van der Waals surface area contributed by atoms with Crippen molar-refractivity contribution >= 4 is 12.2 Å². The van der Waals surface area contributed by atoms with Crippen LogP contribution in [0.4, 0.5) is 5.95 Å². The van der Waals surface area contributed by atoms with Gasteiger partial charge in [-0.15, -0.1) is 0 Å². The molecule has 1 aliphatic carbocycles. The van der Waals surface area contributed by atoms with E-state index in [2.05, 4.69) is 37.7 Å². The maximum atomic E-state index is 9.71. The lowest BCUT2D eigenvalue weighted by Gasteiger charge is -2.47. The molecule has 1 aromatic heterocycles. The highest BCUT2D eigenvalue weighted by atomic mass is 16.2. The van der Waals surface area contributed by atoms with E-state index in [0.29, 0.717) is 24.1 Å². The van der Waals surface area contributed by atoms with Gasteiger partial charge < -0.3 is 20.7 Å². The molecule has 2 heterocycles. The van der Waals surface area contributed by atoms with E-state index in [9.17, 15) is 5.11 Å². The van der Waals surface area contributed by atoms with Crippen molar-refractivity contribution in [2.24, 2.45) is 11.8 Å². The topological polar surface area (TPSA) is 85.1 Å². The van der Waals surface area contributed by atoms with Gasteiger partial charge in [0.2, 0.25) is 5.95 Å². The number of hydrogen-bond donors (Lipinski definition) is 3. The van der Waals surface area contributed by atoms with E-state index in [1.54, 1.807) is 0 Å². The standard InChI is InChI=1S/C23H35N5O/c1-5-9-23(10-16(3)6-2)17(4)28(20(11-24)15-29)14-19-13-26-22(27-21(19)23)25-12-18-7-8-18/h11,13,15-16,18,24,29H,4-10,12,14H2,1-3H3,(H,25,26,27)/b20-15+,24-11?. The van der Waals surface area contributed by atoms with Crippen LogP contribution in [-0.2, 0) is 12.0 Å². The smallest absolute Gasteiger partial charge is 0.222 e. The molecule has 0 bridgehead atoms. The fourth-order valence-electron chi connectivity index (χ4n) is 4.42. The summed E-state index contributed by atoms with van der Waals surface area (Å²) in [6.07, 6.45) is 10.6. The van der Waals surface area contributed by atoms with Gasteiger partial charge in [0.25, 0.3) is 0 Å². The van der Waals surface area contributed by atoms with Crippen molar-refractivity contribution in [1.82, 2.24) is 14.9 Å². The Balaban J connectivity index is 2.08. The van der Waals surface area contributed by atoms with Crippen LogP contribution < -0.4 is 5.32 Å². The van der Waals surface area contributed by atoms with Crippen LogP contribution in [0, 0.1) is 17.2 Å². The van der Waals surface area contributed by atoms with E-state index < -0.39 is 0 Å². The molecule has 1 aliphatic heterocycles. The Kier molecular flexibility index (Phi) is 6.60. The van der Waals surface area contributed by atoms with Gasteiger partial charge in [-0.2, -0.15) is 0 Å². The fourth-order valence-corrected chi connectivity index (χ4v) is 4.42. The van der Waals surface area contributed by atoms with Crippen LogP contribution in [0.25, 0.3) is 0 Å². The number of nitrogens with zero attached hydrogens (tertiary/aromatic N) is 3. The predicted octanol–water partition coefficient (Wildman–Crippen LogP) is 5.15. The third kappa shape index (κ3) is 4.31. The van der Waals surface area contributed by atoms with Gasteiger partial charge in [-0.1, -0.05) is 40.2 Å². The van der Waals surface area contributed by atoms with Crippen molar-refractivity contribution in [1.29, 1.82) is 5.41 Å². The van der Waals surface area contributed by atoms with Crippen LogP contribution in [0.5, 0.6) is 0 Å². The molecule has 1 fully saturated rings. The van der Waals surface area contributed by atoms with Gasteiger partial charge in [-0.3, -0.25) is 0 Å². The molecule has 3 rings (SSSR count). The molecule has 6 heteroatoms. The number of fused-ring (bicyclic) bond motifs is 1. The van der Waals surface area contributed by atoms with Crippen LogP contribution in [0.3, 0.4) is 0 Å². The van der Waals surface area contributed by atoms with E-state index in [4.69, 9.17) is 10.4 Å². The molecule has 29 heavy (non-hydrogen) atoms. The number of rotatable bonds is 10. The van der Waals surface area contributed by atoms with E-state index in [0.717, 1.165) is 61.4 Å². The Morgan fingerprint density at radius 2 is 2.24 bits per heavy atom. The van der Waals surface area contributed by atoms with Crippen molar-refractivity contribution in [3.8, 4) is 0 Å². The maximum absolute atomic E-state index is 9.71. The normalized spacial score (nSPS) is 22.9. The molecular formula is C23H35N5O. The van der Waals surface area contributed by atoms with Gasteiger partial charge in [-0.05, 0) is 37.5 Å². The van der Waals surface area contributed by atoms with E-state index in [1.165, 1.54) is 19.1 Å². The highest BCUT2D eigenvalue weighted by Gasteiger charge is 2.45. The number of hydrogen-bond acceptors (Lipinski definition) is 6. The summed E-state index contributed by atoms with van der Waals surface area (Å²) in [5, 5.41) is 20.9. The zero-order chi connectivity index (χ0) is 21.0. The van der Waals surface area contributed by atoms with E-state index >= 15 is 0 Å². The largest absolute Gasteiger partial charge is 0.513 e. The minimum atomic E-state index is -0.325. The SMILES string of the molecule is C=C1N(/C(C=N)=C/O)Cc2cnc(NCC3CC3)nc2C1(CCC)CC(C)CC. The number of aliphatic hydroxyl groups excluding tert-OH is 1. The zero-order valence-electron chi connectivity index (χ0n) is 18.0. The average molecular weight is 398 g/mol. The van der Waals surface area contributed by atoms with Gasteiger partial charge in [0.05, 0.1) is 23.4 Å². The fraction of sp³-hybridized carbons (Fsp3) is 0.609. The molecule has 1 saturated carbocycles. The summed E-state index contributed by atoms with van der Waals surface area (Å²) in [4.78, 5) is 11.5. The summed E-state index contributed by atoms with van der Waals surface area (Å²) in [5.41, 5.74) is 3.15. The third-order valence-corrected chi connectivity index (χ3v) is 6.43. The molecule has 0 amide bonds. The molecule has 2 aliphatic rings. The van der Waals surface area contributed by atoms with Gasteiger partial charge >= 0.3 is 0 Å². The molecular weight excluding hydrogens is 362 g/mol. The monoisotopic (exact) mass is 397 g/mol. The van der Waals surface area contributed by atoms with Crippen LogP contribution in [-0.4, -0.2) is 32.7 Å². The highest BCUT2D eigenvalue weighted by molar-refractivity contribution is 5.75. The summed E-state index contributed by atoms with van der Waals surface area (Å²) in [5.74, 6) is 1.96. The molecule has 158 valence electrons. The second-order valence-corrected chi connectivity index (χ2v) is 8.67. The summed E-state index contributed by atoms with van der Waals surface area (Å²) < 4.78 is 0. The van der Waals surface area contributed by atoms with Crippen molar-refractivity contribution in [3.63, 3.8) is 0 Å². The van der Waals surface area contributed by atoms with E-state index in [-0.39, 0.29) is 5.41 Å². The molecule has 6 nitrogen and oxygen atoms in total. The summed E-state index contributed by atoms with van der Waals surface area (Å²) >= 11 is 0. The molecule has 3 N–H and O–H groups in total. The van der Waals surface area contributed by atoms with Gasteiger partial charge in [-0.25, -0.2) is 9.97 Å². The van der Waals surface area contributed by atoms with E-state index in [1.807, 2.05) is 11.1 Å². The van der Waals surface area contributed by atoms with Crippen LogP contribution in [0.2, 0.25) is 0 Å². The molecule has 0 aromatic carbocycles. The Labute approximate surface area is 174 Å². The van der Waals surface area contributed by atoms with Crippen molar-refractivity contribution in [3.05, 3.63) is 41.7 Å². The highest BCUT2D eigenvalue weighted by Crippen LogP contribution is 2.48. The minimum Gasteiger partial charge on any atom is -0.513 e. The van der Waals surface area contributed by atoms with Crippen molar-refractivity contribution < 1.29 is 5.11 Å². The van der Waals surface area contributed by atoms with Gasteiger partial charge in [0.15, 0.2) is 0 Å². The average Bonchev–Trinajstić information content (AvgIpc) is 3.55. The summed E-state index contributed by atoms with van der Waals surface area (Å²) in [7, 11) is 0. The first kappa shape index (κ1) is 21.3. The molecule has 0 spiro atoms. The Bertz CT molecular complexity index is 785. The Hall–Kier alpha value is -2.37. The Morgan fingerprint density at radius 3 is 2.83 bits per heavy atom. The van der Waals surface area contributed by atoms with Crippen molar-refractivity contribution in [2.45, 2.75) is 71.3 Å².